The summed E-state index contributed by atoms with van der Waals surface area (Å²) in [6.07, 6.45) is 0.755. The summed E-state index contributed by atoms with van der Waals surface area (Å²) >= 11 is 0. The molecule has 0 saturated carbocycles. The number of amides is 1. The molecule has 1 aromatic carbocycles. The summed E-state index contributed by atoms with van der Waals surface area (Å²) in [5.74, 6) is 1.99. The molecule has 1 saturated heterocycles. The van der Waals surface area contributed by atoms with Crippen LogP contribution in [0.1, 0.15) is 54.3 Å². The molecule has 1 aliphatic heterocycles. The molecule has 1 aromatic heterocycles. The number of benzene rings is 1. The van der Waals surface area contributed by atoms with Crippen molar-refractivity contribution in [2.45, 2.75) is 39.7 Å². The van der Waals surface area contributed by atoms with E-state index in [-0.39, 0.29) is 5.91 Å². The Kier molecular flexibility index (Phi) is 5.48. The van der Waals surface area contributed by atoms with Crippen LogP contribution in [0.2, 0.25) is 0 Å². The number of piperazine rings is 1. The zero-order valence-corrected chi connectivity index (χ0v) is 15.2. The summed E-state index contributed by atoms with van der Waals surface area (Å²) in [7, 11) is 0. The molecule has 0 atom stereocenters. The van der Waals surface area contributed by atoms with E-state index < -0.39 is 0 Å². The largest absolute Gasteiger partial charge is 0.339 e. The van der Waals surface area contributed by atoms with Gasteiger partial charge in [-0.1, -0.05) is 38.1 Å². The van der Waals surface area contributed by atoms with Gasteiger partial charge in [0.05, 0.1) is 6.54 Å². The van der Waals surface area contributed by atoms with Gasteiger partial charge in [0.15, 0.2) is 5.82 Å². The van der Waals surface area contributed by atoms with Gasteiger partial charge in [0.25, 0.3) is 5.91 Å². The second-order valence-corrected chi connectivity index (χ2v) is 6.80. The lowest BCUT2D eigenvalue weighted by molar-refractivity contribution is 0.0624. The van der Waals surface area contributed by atoms with Gasteiger partial charge < -0.3 is 9.42 Å². The standard InChI is InChI=1S/C19H26N4O2/c1-4-18-20-17(21-25-18)13-22-9-11-23(12-10-22)19(24)16-7-5-15(6-8-16)14(2)3/h5-8,14H,4,9-13H2,1-3H3. The Bertz CT molecular complexity index is 700. The van der Waals surface area contributed by atoms with E-state index in [0.29, 0.717) is 18.4 Å². The monoisotopic (exact) mass is 342 g/mol. The van der Waals surface area contributed by atoms with E-state index >= 15 is 0 Å². The first-order valence-electron chi connectivity index (χ1n) is 9.00. The predicted molar refractivity (Wildman–Crippen MR) is 95.4 cm³/mol. The first-order chi connectivity index (χ1) is 12.1. The molecule has 6 heteroatoms. The minimum absolute atomic E-state index is 0.114. The van der Waals surface area contributed by atoms with Crippen LogP contribution in [-0.2, 0) is 13.0 Å². The molecule has 0 spiro atoms. The Balaban J connectivity index is 1.53. The van der Waals surface area contributed by atoms with E-state index in [9.17, 15) is 4.79 Å². The number of aromatic nitrogens is 2. The lowest BCUT2D eigenvalue weighted by atomic mass is 10.0. The Morgan fingerprint density at radius 1 is 1.16 bits per heavy atom. The molecule has 0 bridgehead atoms. The van der Waals surface area contributed by atoms with Gasteiger partial charge in [0.1, 0.15) is 0 Å². The van der Waals surface area contributed by atoms with Crippen molar-refractivity contribution >= 4 is 5.91 Å². The Morgan fingerprint density at radius 3 is 2.40 bits per heavy atom. The molecule has 0 aliphatic carbocycles. The number of carbonyl (C=O) groups is 1. The highest BCUT2D eigenvalue weighted by atomic mass is 16.5. The maximum absolute atomic E-state index is 12.7. The maximum Gasteiger partial charge on any atom is 0.253 e. The molecular weight excluding hydrogens is 316 g/mol. The lowest BCUT2D eigenvalue weighted by Crippen LogP contribution is -2.48. The highest BCUT2D eigenvalue weighted by Crippen LogP contribution is 2.16. The van der Waals surface area contributed by atoms with Crippen molar-refractivity contribution in [2.75, 3.05) is 26.2 Å². The molecule has 0 unspecified atom stereocenters. The van der Waals surface area contributed by atoms with Crippen molar-refractivity contribution in [1.29, 1.82) is 0 Å². The van der Waals surface area contributed by atoms with Gasteiger partial charge in [-0.3, -0.25) is 9.69 Å². The maximum atomic E-state index is 12.7. The minimum Gasteiger partial charge on any atom is -0.339 e. The van der Waals surface area contributed by atoms with Crippen molar-refractivity contribution in [3.05, 3.63) is 47.1 Å². The quantitative estimate of drug-likeness (QED) is 0.836. The van der Waals surface area contributed by atoms with Crippen LogP contribution in [0, 0.1) is 0 Å². The highest BCUT2D eigenvalue weighted by molar-refractivity contribution is 5.94. The van der Waals surface area contributed by atoms with E-state index in [1.807, 2.05) is 24.0 Å². The Labute approximate surface area is 148 Å². The van der Waals surface area contributed by atoms with Crippen LogP contribution in [-0.4, -0.2) is 52.0 Å². The molecular formula is C19H26N4O2. The summed E-state index contributed by atoms with van der Waals surface area (Å²) in [4.78, 5) is 21.2. The topological polar surface area (TPSA) is 62.5 Å². The van der Waals surface area contributed by atoms with Crippen LogP contribution >= 0.6 is 0 Å². The zero-order chi connectivity index (χ0) is 17.8. The summed E-state index contributed by atoms with van der Waals surface area (Å²) in [6.45, 7) is 10.1. The Hall–Kier alpha value is -2.21. The second kappa shape index (κ2) is 7.78. The average molecular weight is 342 g/mol. The van der Waals surface area contributed by atoms with Crippen LogP contribution in [0.25, 0.3) is 0 Å². The molecule has 1 fully saturated rings. The SMILES string of the molecule is CCc1nc(CN2CCN(C(=O)c3ccc(C(C)C)cc3)CC2)no1. The van der Waals surface area contributed by atoms with Gasteiger partial charge in [-0.2, -0.15) is 4.98 Å². The fourth-order valence-electron chi connectivity index (χ4n) is 3.00. The van der Waals surface area contributed by atoms with Crippen molar-refractivity contribution < 1.29 is 9.32 Å². The van der Waals surface area contributed by atoms with Gasteiger partial charge >= 0.3 is 0 Å². The second-order valence-electron chi connectivity index (χ2n) is 6.80. The summed E-state index contributed by atoms with van der Waals surface area (Å²) in [5.41, 5.74) is 2.02. The first kappa shape index (κ1) is 17.6. The third kappa shape index (κ3) is 4.25. The average Bonchev–Trinajstić information content (AvgIpc) is 3.09. The smallest absolute Gasteiger partial charge is 0.253 e. The van der Waals surface area contributed by atoms with Gasteiger partial charge in [-0.15, -0.1) is 0 Å². The molecule has 25 heavy (non-hydrogen) atoms. The number of carbonyl (C=O) groups excluding carboxylic acids is 1. The minimum atomic E-state index is 0.114. The molecule has 0 radical (unpaired) electrons. The lowest BCUT2D eigenvalue weighted by Gasteiger charge is -2.34. The molecule has 1 aliphatic rings. The third-order valence-electron chi connectivity index (χ3n) is 4.66. The van der Waals surface area contributed by atoms with E-state index in [1.54, 1.807) is 0 Å². The van der Waals surface area contributed by atoms with Gasteiger partial charge in [0.2, 0.25) is 5.89 Å². The van der Waals surface area contributed by atoms with Crippen LogP contribution in [0.5, 0.6) is 0 Å². The molecule has 134 valence electrons. The van der Waals surface area contributed by atoms with E-state index in [0.717, 1.165) is 44.0 Å². The molecule has 1 amide bonds. The van der Waals surface area contributed by atoms with Crippen LogP contribution < -0.4 is 0 Å². The number of hydrogen-bond donors (Lipinski definition) is 0. The van der Waals surface area contributed by atoms with Crippen molar-refractivity contribution in [3.8, 4) is 0 Å². The van der Waals surface area contributed by atoms with Crippen LogP contribution in [0.4, 0.5) is 0 Å². The molecule has 0 N–H and O–H groups in total. The zero-order valence-electron chi connectivity index (χ0n) is 15.2. The molecule has 3 rings (SSSR count). The van der Waals surface area contributed by atoms with Gasteiger partial charge in [-0.05, 0) is 23.6 Å². The van der Waals surface area contributed by atoms with Crippen LogP contribution in [0.15, 0.2) is 28.8 Å². The number of nitrogens with zero attached hydrogens (tertiary/aromatic N) is 4. The van der Waals surface area contributed by atoms with Gasteiger partial charge in [0, 0.05) is 38.2 Å². The number of aryl methyl sites for hydroxylation is 1. The van der Waals surface area contributed by atoms with Crippen molar-refractivity contribution in [3.63, 3.8) is 0 Å². The third-order valence-corrected chi connectivity index (χ3v) is 4.66. The summed E-state index contributed by atoms with van der Waals surface area (Å²) in [6, 6.07) is 7.98. The Morgan fingerprint density at radius 2 is 1.84 bits per heavy atom. The van der Waals surface area contributed by atoms with E-state index in [4.69, 9.17) is 4.52 Å². The van der Waals surface area contributed by atoms with Crippen molar-refractivity contribution in [1.82, 2.24) is 19.9 Å². The number of rotatable bonds is 5. The molecule has 2 aromatic rings. The van der Waals surface area contributed by atoms with E-state index in [2.05, 4.69) is 41.0 Å². The number of hydrogen-bond acceptors (Lipinski definition) is 5. The fraction of sp³-hybridized carbons (Fsp3) is 0.526. The highest BCUT2D eigenvalue weighted by Gasteiger charge is 2.23. The fourth-order valence-corrected chi connectivity index (χ4v) is 3.00. The predicted octanol–water partition coefficient (Wildman–Crippen LogP) is 2.71. The van der Waals surface area contributed by atoms with Crippen LogP contribution in [0.3, 0.4) is 0 Å². The normalized spacial score (nSPS) is 15.8. The van der Waals surface area contributed by atoms with E-state index in [1.165, 1.54) is 5.56 Å². The van der Waals surface area contributed by atoms with Gasteiger partial charge in [-0.25, -0.2) is 0 Å². The van der Waals surface area contributed by atoms with Crippen molar-refractivity contribution in [2.24, 2.45) is 0 Å². The summed E-state index contributed by atoms with van der Waals surface area (Å²) in [5, 5.41) is 4.00. The first-order valence-corrected chi connectivity index (χ1v) is 9.00. The summed E-state index contributed by atoms with van der Waals surface area (Å²) < 4.78 is 5.15. The molecule has 2 heterocycles. The molecule has 6 nitrogen and oxygen atoms in total.